The Morgan fingerprint density at radius 1 is 1.33 bits per heavy atom. The zero-order valence-electron chi connectivity index (χ0n) is 16.6. The van der Waals surface area contributed by atoms with Crippen LogP contribution in [0.3, 0.4) is 0 Å². The zero-order valence-corrected chi connectivity index (χ0v) is 19.0. The molecule has 0 amide bonds. The van der Waals surface area contributed by atoms with Crippen molar-refractivity contribution in [3.63, 3.8) is 0 Å². The number of halogens is 2. The van der Waals surface area contributed by atoms with E-state index in [9.17, 15) is 9.90 Å². The number of ether oxygens (including phenoxy) is 1. The van der Waals surface area contributed by atoms with E-state index >= 15 is 0 Å². The van der Waals surface area contributed by atoms with Crippen molar-refractivity contribution >= 4 is 45.5 Å². The third-order valence-corrected chi connectivity index (χ3v) is 7.31. The van der Waals surface area contributed by atoms with Crippen molar-refractivity contribution in [2.75, 3.05) is 20.2 Å². The number of likely N-dealkylation sites (tertiary alicyclic amines) is 1. The number of esters is 1. The van der Waals surface area contributed by atoms with Crippen LogP contribution in [0.15, 0.2) is 18.2 Å². The molecular weight excluding hydrogens is 447 g/mol. The Labute approximate surface area is 188 Å². The minimum absolute atomic E-state index is 0.0772. The van der Waals surface area contributed by atoms with Gasteiger partial charge in [0.2, 0.25) is 10.8 Å². The van der Waals surface area contributed by atoms with Crippen molar-refractivity contribution in [1.29, 1.82) is 0 Å². The number of methoxy groups -OCH3 is 1. The maximum atomic E-state index is 11.9. The summed E-state index contributed by atoms with van der Waals surface area (Å²) in [6, 6.07) is 5.25. The van der Waals surface area contributed by atoms with Crippen LogP contribution in [-0.4, -0.2) is 50.8 Å². The molecule has 1 N–H and O–H groups in total. The summed E-state index contributed by atoms with van der Waals surface area (Å²) in [5, 5.41) is 16.3. The average molecular weight is 469 g/mol. The van der Waals surface area contributed by atoms with Gasteiger partial charge in [0.15, 0.2) is 5.82 Å². The van der Waals surface area contributed by atoms with Gasteiger partial charge in [-0.15, -0.1) is 5.10 Å². The van der Waals surface area contributed by atoms with Crippen molar-refractivity contribution < 1.29 is 14.6 Å². The SMILES string of the molecule is CCc1nc2sc([C@@H](c3ccc(Cl)c(Cl)c3)N3CCC(C(=O)OC)CC3)c(O)n2n1. The van der Waals surface area contributed by atoms with E-state index in [4.69, 9.17) is 27.9 Å². The first-order chi connectivity index (χ1) is 14.4. The number of carbonyl (C=O) groups excluding carboxylic acids is 1. The lowest BCUT2D eigenvalue weighted by molar-refractivity contribution is -0.147. The molecule has 0 unspecified atom stereocenters. The lowest BCUT2D eigenvalue weighted by Gasteiger charge is -2.36. The van der Waals surface area contributed by atoms with Crippen LogP contribution in [0.4, 0.5) is 0 Å². The number of fused-ring (bicyclic) bond motifs is 1. The number of piperidine rings is 1. The molecule has 3 aromatic rings. The molecule has 0 aliphatic carbocycles. The number of thiazole rings is 1. The lowest BCUT2D eigenvalue weighted by atomic mass is 9.94. The first-order valence-corrected chi connectivity index (χ1v) is 11.3. The Bertz CT molecular complexity index is 1080. The second kappa shape index (κ2) is 8.70. The molecule has 0 bridgehead atoms. The van der Waals surface area contributed by atoms with Gasteiger partial charge in [-0.2, -0.15) is 4.52 Å². The molecule has 1 aromatic carbocycles. The number of rotatable bonds is 5. The fraction of sp³-hybridized carbons (Fsp3) is 0.450. The summed E-state index contributed by atoms with van der Waals surface area (Å²) >= 11 is 13.8. The molecule has 0 radical (unpaired) electrons. The highest BCUT2D eigenvalue weighted by atomic mass is 35.5. The smallest absolute Gasteiger partial charge is 0.308 e. The molecule has 2 aromatic heterocycles. The summed E-state index contributed by atoms with van der Waals surface area (Å²) < 4.78 is 6.40. The van der Waals surface area contributed by atoms with E-state index in [-0.39, 0.29) is 23.8 Å². The van der Waals surface area contributed by atoms with Crippen LogP contribution in [0.5, 0.6) is 5.88 Å². The molecule has 7 nitrogen and oxygen atoms in total. The van der Waals surface area contributed by atoms with Crippen LogP contribution in [-0.2, 0) is 16.0 Å². The highest BCUT2D eigenvalue weighted by Gasteiger charge is 2.34. The fourth-order valence-corrected chi connectivity index (χ4v) is 5.33. The van der Waals surface area contributed by atoms with Gasteiger partial charge in [0.05, 0.1) is 34.0 Å². The van der Waals surface area contributed by atoms with E-state index in [2.05, 4.69) is 15.0 Å². The minimum Gasteiger partial charge on any atom is -0.492 e. The van der Waals surface area contributed by atoms with E-state index in [1.54, 1.807) is 6.07 Å². The quantitative estimate of drug-likeness (QED) is 0.560. The molecule has 4 rings (SSSR count). The van der Waals surface area contributed by atoms with Gasteiger partial charge >= 0.3 is 5.97 Å². The normalized spacial score (nSPS) is 16.8. The van der Waals surface area contributed by atoms with E-state index < -0.39 is 0 Å². The van der Waals surface area contributed by atoms with Gasteiger partial charge in [-0.1, -0.05) is 47.5 Å². The summed E-state index contributed by atoms with van der Waals surface area (Å²) in [4.78, 5) is 20.1. The van der Waals surface area contributed by atoms with Crippen LogP contribution < -0.4 is 0 Å². The van der Waals surface area contributed by atoms with E-state index in [1.807, 2.05) is 19.1 Å². The predicted molar refractivity (Wildman–Crippen MR) is 117 cm³/mol. The molecule has 10 heteroatoms. The Hall–Kier alpha value is -1.87. The molecule has 0 spiro atoms. The average Bonchev–Trinajstić information content (AvgIpc) is 3.30. The predicted octanol–water partition coefficient (Wildman–Crippen LogP) is 4.34. The molecule has 1 aliphatic heterocycles. The van der Waals surface area contributed by atoms with E-state index in [0.717, 1.165) is 10.4 Å². The topological polar surface area (TPSA) is 80.0 Å². The number of aromatic hydroxyl groups is 1. The van der Waals surface area contributed by atoms with Crippen LogP contribution in [0.2, 0.25) is 10.0 Å². The number of aromatic nitrogens is 3. The first-order valence-electron chi connectivity index (χ1n) is 9.77. The van der Waals surface area contributed by atoms with Gasteiger partial charge < -0.3 is 9.84 Å². The van der Waals surface area contributed by atoms with Crippen LogP contribution in [0.25, 0.3) is 4.96 Å². The molecule has 30 heavy (non-hydrogen) atoms. The largest absolute Gasteiger partial charge is 0.492 e. The van der Waals surface area contributed by atoms with Gasteiger partial charge in [0.25, 0.3) is 0 Å². The molecular formula is C20H22Cl2N4O3S. The Balaban J connectivity index is 1.73. The summed E-state index contributed by atoms with van der Waals surface area (Å²) in [5.74, 6) is 0.486. The molecule has 1 saturated heterocycles. The minimum atomic E-state index is -0.253. The van der Waals surface area contributed by atoms with Crippen LogP contribution in [0, 0.1) is 5.92 Å². The summed E-state index contributed by atoms with van der Waals surface area (Å²) in [6.07, 6.45) is 2.07. The summed E-state index contributed by atoms with van der Waals surface area (Å²) in [6.45, 7) is 3.33. The molecule has 1 atom stereocenters. The standard InChI is InChI=1S/C20H22Cl2N4O3S/c1-3-15-23-20-26(24-15)18(27)17(30-20)16(12-4-5-13(21)14(22)10-12)25-8-6-11(7-9-25)19(28)29-2/h4-5,10-11,16,27H,3,6-9H2,1-2H3/t16-/m1/s1. The molecule has 3 heterocycles. The van der Waals surface area contributed by atoms with Gasteiger partial charge in [-0.3, -0.25) is 9.69 Å². The third-order valence-electron chi connectivity index (χ3n) is 5.50. The molecule has 1 fully saturated rings. The fourth-order valence-electron chi connectivity index (χ4n) is 3.89. The first kappa shape index (κ1) is 21.4. The zero-order chi connectivity index (χ0) is 21.4. The van der Waals surface area contributed by atoms with Crippen molar-refractivity contribution in [1.82, 2.24) is 19.5 Å². The molecule has 1 aliphatic rings. The van der Waals surface area contributed by atoms with Crippen LogP contribution >= 0.6 is 34.5 Å². The van der Waals surface area contributed by atoms with Gasteiger partial charge in [0, 0.05) is 6.42 Å². The second-order valence-electron chi connectivity index (χ2n) is 7.28. The monoisotopic (exact) mass is 468 g/mol. The number of hydrogen-bond acceptors (Lipinski definition) is 7. The Morgan fingerprint density at radius 3 is 2.67 bits per heavy atom. The maximum absolute atomic E-state index is 11.9. The van der Waals surface area contributed by atoms with Crippen molar-refractivity contribution in [2.45, 2.75) is 32.2 Å². The number of carbonyl (C=O) groups is 1. The maximum Gasteiger partial charge on any atom is 0.308 e. The lowest BCUT2D eigenvalue weighted by Crippen LogP contribution is -2.39. The van der Waals surface area contributed by atoms with Gasteiger partial charge in [-0.25, -0.2) is 4.98 Å². The second-order valence-corrected chi connectivity index (χ2v) is 9.10. The number of hydrogen-bond donors (Lipinski definition) is 1. The van der Waals surface area contributed by atoms with Gasteiger partial charge in [0.1, 0.15) is 0 Å². The molecule has 0 saturated carbocycles. The van der Waals surface area contributed by atoms with Gasteiger partial charge in [-0.05, 0) is 43.6 Å². The van der Waals surface area contributed by atoms with E-state index in [0.29, 0.717) is 53.2 Å². The molecule has 160 valence electrons. The summed E-state index contributed by atoms with van der Waals surface area (Å²) in [5.41, 5.74) is 0.913. The number of aryl methyl sites for hydroxylation is 1. The van der Waals surface area contributed by atoms with Crippen LogP contribution in [0.1, 0.15) is 42.1 Å². The van der Waals surface area contributed by atoms with E-state index in [1.165, 1.54) is 23.0 Å². The third kappa shape index (κ3) is 3.89. The van der Waals surface area contributed by atoms with Crippen molar-refractivity contribution in [2.24, 2.45) is 5.92 Å². The highest BCUT2D eigenvalue weighted by Crippen LogP contribution is 2.42. The van der Waals surface area contributed by atoms with Crippen molar-refractivity contribution in [3.8, 4) is 5.88 Å². The number of benzene rings is 1. The number of nitrogens with zero attached hydrogens (tertiary/aromatic N) is 4. The van der Waals surface area contributed by atoms with Crippen molar-refractivity contribution in [3.05, 3.63) is 44.5 Å². The highest BCUT2D eigenvalue weighted by molar-refractivity contribution is 7.17. The Morgan fingerprint density at radius 2 is 2.07 bits per heavy atom. The Kier molecular flexibility index (Phi) is 6.20. The summed E-state index contributed by atoms with van der Waals surface area (Å²) in [7, 11) is 1.42.